The Balaban J connectivity index is 1.42. The zero-order valence-corrected chi connectivity index (χ0v) is 20.2. The number of hydrogen-bond acceptors (Lipinski definition) is 2. The van der Waals surface area contributed by atoms with Crippen LogP contribution in [0.25, 0.3) is 0 Å². The fourth-order valence-electron chi connectivity index (χ4n) is 4.73. The Kier molecular flexibility index (Phi) is 8.71. The van der Waals surface area contributed by atoms with Crippen molar-refractivity contribution in [2.24, 2.45) is 11.3 Å². The molecule has 174 valence electrons. The Morgan fingerprint density at radius 3 is 2.44 bits per heavy atom. The maximum absolute atomic E-state index is 12.7. The predicted molar refractivity (Wildman–Crippen MR) is 129 cm³/mol. The van der Waals surface area contributed by atoms with Crippen molar-refractivity contribution in [3.63, 3.8) is 0 Å². The summed E-state index contributed by atoms with van der Waals surface area (Å²) in [6.45, 7) is 9.90. The summed E-state index contributed by atoms with van der Waals surface area (Å²) < 4.78 is 5.98. The van der Waals surface area contributed by atoms with E-state index in [1.165, 1.54) is 16.0 Å². The highest BCUT2D eigenvalue weighted by molar-refractivity contribution is 5.78. The van der Waals surface area contributed by atoms with E-state index in [0.29, 0.717) is 6.61 Å². The van der Waals surface area contributed by atoms with Gasteiger partial charge in [0.1, 0.15) is 18.9 Å². The number of carbonyl (C=O) groups excluding carboxylic acids is 1. The van der Waals surface area contributed by atoms with Crippen LogP contribution in [0.2, 0.25) is 0 Å². The number of benzene rings is 2. The van der Waals surface area contributed by atoms with E-state index in [9.17, 15) is 4.79 Å². The number of amides is 1. The van der Waals surface area contributed by atoms with Crippen LogP contribution in [-0.2, 0) is 17.9 Å². The SMILES string of the molecule is C[NH+](C)CC(C)(C)CNC(=O)C1CC[NH+](Cc2cccc(OCc3ccccc3)c2)CC1. The second-order valence-electron chi connectivity index (χ2n) is 10.4. The Morgan fingerprint density at radius 2 is 1.75 bits per heavy atom. The monoisotopic (exact) mass is 439 g/mol. The molecule has 0 unspecified atom stereocenters. The summed E-state index contributed by atoms with van der Waals surface area (Å²) in [7, 11) is 4.32. The summed E-state index contributed by atoms with van der Waals surface area (Å²) in [5.74, 6) is 1.31. The molecule has 0 aliphatic carbocycles. The molecule has 1 fully saturated rings. The average molecular weight is 440 g/mol. The van der Waals surface area contributed by atoms with E-state index in [1.54, 1.807) is 4.90 Å². The van der Waals surface area contributed by atoms with E-state index in [0.717, 1.165) is 51.3 Å². The molecule has 5 nitrogen and oxygen atoms in total. The molecule has 0 bridgehead atoms. The lowest BCUT2D eigenvalue weighted by molar-refractivity contribution is -0.919. The second kappa shape index (κ2) is 11.5. The number of piperidine rings is 1. The molecule has 3 N–H and O–H groups in total. The number of quaternary nitrogens is 2. The van der Waals surface area contributed by atoms with Crippen molar-refractivity contribution in [3.8, 4) is 5.75 Å². The minimum absolute atomic E-state index is 0.119. The van der Waals surface area contributed by atoms with Gasteiger partial charge in [0.25, 0.3) is 0 Å². The first-order valence-electron chi connectivity index (χ1n) is 12.0. The van der Waals surface area contributed by atoms with Crippen molar-refractivity contribution in [3.05, 3.63) is 65.7 Å². The Hall–Kier alpha value is -2.37. The van der Waals surface area contributed by atoms with Crippen LogP contribution in [0.15, 0.2) is 54.6 Å². The Bertz CT molecular complexity index is 843. The highest BCUT2D eigenvalue weighted by Gasteiger charge is 2.29. The smallest absolute Gasteiger partial charge is 0.223 e. The topological polar surface area (TPSA) is 47.2 Å². The van der Waals surface area contributed by atoms with Crippen molar-refractivity contribution in [2.45, 2.75) is 39.8 Å². The number of rotatable bonds is 10. The highest BCUT2D eigenvalue weighted by Crippen LogP contribution is 2.16. The van der Waals surface area contributed by atoms with Gasteiger partial charge in [-0.2, -0.15) is 0 Å². The zero-order chi connectivity index (χ0) is 23.0. The van der Waals surface area contributed by atoms with Gasteiger partial charge in [-0.15, -0.1) is 0 Å². The summed E-state index contributed by atoms with van der Waals surface area (Å²) in [5, 5.41) is 3.22. The van der Waals surface area contributed by atoms with Crippen molar-refractivity contribution in [2.75, 3.05) is 40.3 Å². The summed E-state index contributed by atoms with van der Waals surface area (Å²) in [5.41, 5.74) is 2.59. The van der Waals surface area contributed by atoms with E-state index in [1.807, 2.05) is 24.3 Å². The van der Waals surface area contributed by atoms with Crippen LogP contribution in [0.4, 0.5) is 0 Å². The molecule has 1 saturated heterocycles. The number of carbonyl (C=O) groups is 1. The molecule has 5 heteroatoms. The molecule has 0 aromatic heterocycles. The zero-order valence-electron chi connectivity index (χ0n) is 20.2. The standard InChI is InChI=1S/C27H39N3O2/c1-27(2,21-29(3)4)20-28-26(31)24-13-15-30(16-14-24)18-23-11-8-12-25(17-23)32-19-22-9-6-5-7-10-22/h5-12,17,24H,13-16,18-21H2,1-4H3,(H,28,31)/p+2. The van der Waals surface area contributed by atoms with Gasteiger partial charge in [0.05, 0.1) is 33.7 Å². The highest BCUT2D eigenvalue weighted by atomic mass is 16.5. The Labute approximate surface area is 193 Å². The lowest BCUT2D eigenvalue weighted by Gasteiger charge is -2.30. The normalized spacial score (nSPS) is 19.0. The summed E-state index contributed by atoms with van der Waals surface area (Å²) in [6, 6.07) is 18.7. The van der Waals surface area contributed by atoms with Crippen molar-refractivity contribution >= 4 is 5.91 Å². The minimum Gasteiger partial charge on any atom is -0.489 e. The van der Waals surface area contributed by atoms with E-state index in [-0.39, 0.29) is 17.2 Å². The molecule has 32 heavy (non-hydrogen) atoms. The lowest BCUT2D eigenvalue weighted by Crippen LogP contribution is -3.11. The molecule has 2 aromatic carbocycles. The van der Waals surface area contributed by atoms with E-state index < -0.39 is 0 Å². The van der Waals surface area contributed by atoms with Crippen LogP contribution in [0.1, 0.15) is 37.8 Å². The first-order valence-corrected chi connectivity index (χ1v) is 12.0. The van der Waals surface area contributed by atoms with Gasteiger partial charge < -0.3 is 19.9 Å². The van der Waals surface area contributed by atoms with Crippen LogP contribution in [0, 0.1) is 11.3 Å². The summed E-state index contributed by atoms with van der Waals surface area (Å²) in [6.07, 6.45) is 1.93. The van der Waals surface area contributed by atoms with Crippen LogP contribution >= 0.6 is 0 Å². The second-order valence-corrected chi connectivity index (χ2v) is 10.4. The molecule has 1 amide bonds. The number of nitrogens with one attached hydrogen (secondary N) is 3. The molecular formula is C27H41N3O2+2. The average Bonchev–Trinajstić information content (AvgIpc) is 2.77. The molecular weight excluding hydrogens is 398 g/mol. The number of likely N-dealkylation sites (tertiary alicyclic amines) is 1. The van der Waals surface area contributed by atoms with E-state index >= 15 is 0 Å². The minimum atomic E-state index is 0.119. The third-order valence-corrected chi connectivity index (χ3v) is 6.24. The fourth-order valence-corrected chi connectivity index (χ4v) is 4.73. The molecule has 0 saturated carbocycles. The van der Waals surface area contributed by atoms with Gasteiger partial charge in [-0.25, -0.2) is 0 Å². The summed E-state index contributed by atoms with van der Waals surface area (Å²) in [4.78, 5) is 15.6. The van der Waals surface area contributed by atoms with Gasteiger partial charge >= 0.3 is 0 Å². The van der Waals surface area contributed by atoms with Gasteiger partial charge in [-0.05, 0) is 17.7 Å². The molecule has 0 radical (unpaired) electrons. The van der Waals surface area contributed by atoms with Gasteiger partial charge in [0, 0.05) is 36.3 Å². The first-order chi connectivity index (χ1) is 15.3. The molecule has 0 atom stereocenters. The van der Waals surface area contributed by atoms with Crippen LogP contribution in [0.3, 0.4) is 0 Å². The van der Waals surface area contributed by atoms with Crippen molar-refractivity contribution in [1.82, 2.24) is 5.32 Å². The van der Waals surface area contributed by atoms with Crippen molar-refractivity contribution < 1.29 is 19.3 Å². The van der Waals surface area contributed by atoms with Crippen LogP contribution < -0.4 is 19.9 Å². The maximum atomic E-state index is 12.7. The molecule has 2 aromatic rings. The third kappa shape index (κ3) is 7.95. The van der Waals surface area contributed by atoms with Crippen LogP contribution in [-0.4, -0.2) is 46.2 Å². The molecule has 3 rings (SSSR count). The Morgan fingerprint density at radius 1 is 1.06 bits per heavy atom. The molecule has 1 aliphatic heterocycles. The van der Waals surface area contributed by atoms with Gasteiger partial charge in [0.15, 0.2) is 0 Å². The van der Waals surface area contributed by atoms with Crippen molar-refractivity contribution in [1.29, 1.82) is 0 Å². The summed E-state index contributed by atoms with van der Waals surface area (Å²) >= 11 is 0. The molecule has 0 spiro atoms. The first kappa shape index (κ1) is 24.3. The van der Waals surface area contributed by atoms with Gasteiger partial charge in [0.2, 0.25) is 5.91 Å². The molecule has 1 heterocycles. The van der Waals surface area contributed by atoms with E-state index in [4.69, 9.17) is 4.74 Å². The predicted octanol–water partition coefficient (Wildman–Crippen LogP) is 1.35. The molecule has 1 aliphatic rings. The fraction of sp³-hybridized carbons (Fsp3) is 0.519. The van der Waals surface area contributed by atoms with E-state index in [2.05, 4.69) is 63.6 Å². The number of hydrogen-bond donors (Lipinski definition) is 3. The maximum Gasteiger partial charge on any atom is 0.223 e. The van der Waals surface area contributed by atoms with Gasteiger partial charge in [-0.1, -0.05) is 56.3 Å². The van der Waals surface area contributed by atoms with Crippen LogP contribution in [0.5, 0.6) is 5.75 Å². The lowest BCUT2D eigenvalue weighted by atomic mass is 9.91. The third-order valence-electron chi connectivity index (χ3n) is 6.24. The number of ether oxygens (including phenoxy) is 1. The quantitative estimate of drug-likeness (QED) is 0.523. The van der Waals surface area contributed by atoms with Gasteiger partial charge in [-0.3, -0.25) is 4.79 Å². The largest absolute Gasteiger partial charge is 0.489 e.